The summed E-state index contributed by atoms with van der Waals surface area (Å²) in [6.07, 6.45) is -0.792. The van der Waals surface area contributed by atoms with Crippen molar-refractivity contribution >= 4 is 23.5 Å². The lowest BCUT2D eigenvalue weighted by Gasteiger charge is -2.12. The highest BCUT2D eigenvalue weighted by atomic mass is 16.7. The monoisotopic (exact) mass is 426 g/mol. The van der Waals surface area contributed by atoms with Gasteiger partial charge in [0.1, 0.15) is 5.75 Å². The number of benzene rings is 2. The van der Waals surface area contributed by atoms with E-state index in [1.165, 1.54) is 0 Å². The fourth-order valence-corrected chi connectivity index (χ4v) is 3.07. The molecule has 1 amide bonds. The van der Waals surface area contributed by atoms with Gasteiger partial charge in [0.2, 0.25) is 0 Å². The summed E-state index contributed by atoms with van der Waals surface area (Å²) in [4.78, 5) is 30.5. The van der Waals surface area contributed by atoms with E-state index in [-0.39, 0.29) is 13.2 Å². The number of carbonyl (C=O) groups excluding carboxylic acids is 2. The lowest BCUT2D eigenvalue weighted by molar-refractivity contribution is -0.145. The number of oxime groups is 1. The summed E-state index contributed by atoms with van der Waals surface area (Å²) < 4.78 is 15.7. The van der Waals surface area contributed by atoms with Crippen molar-refractivity contribution in [3.8, 4) is 5.75 Å². The second kappa shape index (κ2) is 10.5. The minimum absolute atomic E-state index is 0.135. The van der Waals surface area contributed by atoms with Crippen LogP contribution in [0.1, 0.15) is 25.0 Å². The average Bonchev–Trinajstić information content (AvgIpc) is 3.14. The lowest BCUT2D eigenvalue weighted by atomic mass is 10.1. The number of esters is 1. The Balaban J connectivity index is 1.52. The molecule has 1 atom stereocenters. The number of aryl methyl sites for hydroxylation is 1. The smallest absolute Gasteiger partial charge is 0.414 e. The van der Waals surface area contributed by atoms with Gasteiger partial charge in [0.15, 0.2) is 19.3 Å². The molecule has 0 aromatic heterocycles. The molecule has 0 aliphatic carbocycles. The molecule has 0 saturated carbocycles. The van der Waals surface area contributed by atoms with Crippen molar-refractivity contribution in [1.29, 1.82) is 0 Å². The van der Waals surface area contributed by atoms with E-state index in [0.29, 0.717) is 24.6 Å². The Kier molecular flexibility index (Phi) is 7.48. The maximum atomic E-state index is 12.1. The zero-order valence-corrected chi connectivity index (χ0v) is 17.9. The molecule has 2 aromatic rings. The third-order valence-corrected chi connectivity index (χ3v) is 4.65. The average molecular weight is 426 g/mol. The fraction of sp³-hybridized carbons (Fsp3) is 0.348. The van der Waals surface area contributed by atoms with Gasteiger partial charge in [0.05, 0.1) is 18.9 Å². The molecule has 1 aliphatic rings. The number of cyclic esters (lactones) is 1. The van der Waals surface area contributed by atoms with Gasteiger partial charge < -0.3 is 19.0 Å². The van der Waals surface area contributed by atoms with Gasteiger partial charge in [-0.05, 0) is 62.2 Å². The Labute approximate surface area is 181 Å². The maximum Gasteiger partial charge on any atom is 0.414 e. The van der Waals surface area contributed by atoms with Gasteiger partial charge in [-0.1, -0.05) is 23.4 Å². The molecule has 1 fully saturated rings. The van der Waals surface area contributed by atoms with Crippen LogP contribution in [-0.2, 0) is 19.1 Å². The highest BCUT2D eigenvalue weighted by Gasteiger charge is 2.32. The number of para-hydroxylation sites is 1. The first-order valence-electron chi connectivity index (χ1n) is 10.1. The van der Waals surface area contributed by atoms with Gasteiger partial charge in [-0.2, -0.15) is 0 Å². The molecule has 0 radical (unpaired) electrons. The third kappa shape index (κ3) is 5.97. The van der Waals surface area contributed by atoms with Crippen LogP contribution in [0.3, 0.4) is 0 Å². The van der Waals surface area contributed by atoms with Crippen molar-refractivity contribution in [3.63, 3.8) is 0 Å². The molecule has 1 heterocycles. The van der Waals surface area contributed by atoms with Crippen LogP contribution in [0.15, 0.2) is 53.7 Å². The normalized spacial score (nSPS) is 16.1. The summed E-state index contributed by atoms with van der Waals surface area (Å²) >= 11 is 0. The largest absolute Gasteiger partial charge is 0.482 e. The van der Waals surface area contributed by atoms with E-state index in [4.69, 9.17) is 19.0 Å². The SMILES string of the molecule is CCOC(=O)COc1ccc(/C(C)=N/OCC2CN(c3ccccc3)C(=O)O2)cc1C. The summed E-state index contributed by atoms with van der Waals surface area (Å²) in [5.74, 6) is 0.194. The zero-order valence-electron chi connectivity index (χ0n) is 17.9. The Morgan fingerprint density at radius 3 is 2.71 bits per heavy atom. The first-order chi connectivity index (χ1) is 15.0. The van der Waals surface area contributed by atoms with Gasteiger partial charge in [0.25, 0.3) is 0 Å². The fourth-order valence-electron chi connectivity index (χ4n) is 3.07. The Hall–Kier alpha value is -3.55. The zero-order chi connectivity index (χ0) is 22.2. The van der Waals surface area contributed by atoms with Crippen LogP contribution in [0.5, 0.6) is 5.75 Å². The standard InChI is InChI=1S/C23H26N2O6/c1-4-28-22(26)15-29-21-11-10-18(12-16(21)2)17(3)24-30-14-20-13-25(23(27)31-20)19-8-6-5-7-9-19/h5-12,20H,4,13-15H2,1-3H3/b24-17+. The van der Waals surface area contributed by atoms with E-state index in [9.17, 15) is 9.59 Å². The quantitative estimate of drug-likeness (QED) is 0.345. The van der Waals surface area contributed by atoms with Crippen LogP contribution in [-0.4, -0.2) is 50.2 Å². The van der Waals surface area contributed by atoms with Crippen LogP contribution >= 0.6 is 0 Å². The minimum atomic E-state index is -0.407. The Morgan fingerprint density at radius 1 is 1.23 bits per heavy atom. The van der Waals surface area contributed by atoms with E-state index >= 15 is 0 Å². The summed E-state index contributed by atoms with van der Waals surface area (Å²) in [5.41, 5.74) is 3.18. The molecular formula is C23H26N2O6. The molecule has 1 aliphatic heterocycles. The van der Waals surface area contributed by atoms with Crippen molar-refractivity contribution in [2.75, 3.05) is 31.3 Å². The van der Waals surface area contributed by atoms with Gasteiger partial charge in [0, 0.05) is 5.69 Å². The summed E-state index contributed by atoms with van der Waals surface area (Å²) in [6.45, 7) is 6.21. The van der Waals surface area contributed by atoms with Crippen molar-refractivity contribution in [2.24, 2.45) is 5.16 Å². The van der Waals surface area contributed by atoms with Gasteiger partial charge in [-0.3, -0.25) is 4.90 Å². The van der Waals surface area contributed by atoms with Crippen molar-refractivity contribution in [3.05, 3.63) is 59.7 Å². The molecule has 8 heteroatoms. The second-order valence-electron chi connectivity index (χ2n) is 7.00. The van der Waals surface area contributed by atoms with E-state index in [1.807, 2.05) is 56.3 Å². The molecule has 1 saturated heterocycles. The van der Waals surface area contributed by atoms with E-state index in [1.54, 1.807) is 17.9 Å². The molecule has 1 unspecified atom stereocenters. The lowest BCUT2D eigenvalue weighted by Crippen LogP contribution is -2.25. The summed E-state index contributed by atoms with van der Waals surface area (Å²) in [7, 11) is 0. The minimum Gasteiger partial charge on any atom is -0.482 e. The number of nitrogens with zero attached hydrogens (tertiary/aromatic N) is 2. The molecule has 0 bridgehead atoms. The number of hydrogen-bond acceptors (Lipinski definition) is 7. The van der Waals surface area contributed by atoms with Gasteiger partial charge in [-0.25, -0.2) is 9.59 Å². The molecule has 0 N–H and O–H groups in total. The highest BCUT2D eigenvalue weighted by molar-refractivity contribution is 5.98. The number of hydrogen-bond donors (Lipinski definition) is 0. The molecule has 3 rings (SSSR count). The van der Waals surface area contributed by atoms with Gasteiger partial charge in [-0.15, -0.1) is 0 Å². The van der Waals surface area contributed by atoms with E-state index < -0.39 is 18.2 Å². The summed E-state index contributed by atoms with van der Waals surface area (Å²) in [5, 5.41) is 4.14. The van der Waals surface area contributed by atoms with Crippen LogP contribution in [0.25, 0.3) is 0 Å². The molecule has 31 heavy (non-hydrogen) atoms. The third-order valence-electron chi connectivity index (χ3n) is 4.65. The molecule has 8 nitrogen and oxygen atoms in total. The number of amides is 1. The van der Waals surface area contributed by atoms with E-state index in [2.05, 4.69) is 5.16 Å². The maximum absolute atomic E-state index is 12.1. The van der Waals surface area contributed by atoms with Gasteiger partial charge >= 0.3 is 12.1 Å². The number of ether oxygens (including phenoxy) is 3. The first kappa shape index (κ1) is 22.1. The predicted octanol–water partition coefficient (Wildman–Crippen LogP) is 3.70. The van der Waals surface area contributed by atoms with Crippen LogP contribution in [0.4, 0.5) is 10.5 Å². The first-order valence-corrected chi connectivity index (χ1v) is 10.1. The second-order valence-corrected chi connectivity index (χ2v) is 7.00. The number of carbonyl (C=O) groups is 2. The van der Waals surface area contributed by atoms with E-state index in [0.717, 1.165) is 16.8 Å². The summed E-state index contributed by atoms with van der Waals surface area (Å²) in [6, 6.07) is 14.9. The Bertz CT molecular complexity index is 944. The van der Waals surface area contributed by atoms with Crippen molar-refractivity contribution in [2.45, 2.75) is 26.9 Å². The topological polar surface area (TPSA) is 86.7 Å². The molecule has 2 aromatic carbocycles. The molecule has 0 spiro atoms. The van der Waals surface area contributed by atoms with Crippen LogP contribution in [0, 0.1) is 6.92 Å². The Morgan fingerprint density at radius 2 is 2.00 bits per heavy atom. The molecule has 164 valence electrons. The number of rotatable bonds is 9. The van der Waals surface area contributed by atoms with Crippen molar-refractivity contribution in [1.82, 2.24) is 0 Å². The van der Waals surface area contributed by atoms with Crippen LogP contribution < -0.4 is 9.64 Å². The van der Waals surface area contributed by atoms with Crippen molar-refractivity contribution < 1.29 is 28.6 Å². The highest BCUT2D eigenvalue weighted by Crippen LogP contribution is 2.22. The molecular weight excluding hydrogens is 400 g/mol. The van der Waals surface area contributed by atoms with Crippen LogP contribution in [0.2, 0.25) is 0 Å². The number of anilines is 1. The predicted molar refractivity (Wildman–Crippen MR) is 116 cm³/mol.